The van der Waals surface area contributed by atoms with Crippen LogP contribution in [-0.4, -0.2) is 22.7 Å². The minimum Gasteiger partial charge on any atom is -0.325 e. The second kappa shape index (κ2) is 10.1. The molecule has 168 valence electrons. The van der Waals surface area contributed by atoms with Gasteiger partial charge in [-0.1, -0.05) is 36.0 Å². The van der Waals surface area contributed by atoms with Crippen molar-refractivity contribution in [2.75, 3.05) is 21.7 Å². The second-order valence-corrected chi connectivity index (χ2v) is 9.95. The number of benzene rings is 3. The van der Waals surface area contributed by atoms with E-state index < -0.39 is 0 Å². The molecule has 8 heteroatoms. The van der Waals surface area contributed by atoms with Crippen LogP contribution in [0.4, 0.5) is 21.9 Å². The summed E-state index contributed by atoms with van der Waals surface area (Å²) in [6, 6.07) is 18.8. The smallest absolute Gasteiger partial charge is 0.323 e. The zero-order valence-corrected chi connectivity index (χ0v) is 20.2. The quantitative estimate of drug-likeness (QED) is 0.274. The molecule has 3 N–H and O–H groups in total. The molecule has 0 unspecified atom stereocenters. The van der Waals surface area contributed by atoms with Gasteiger partial charge in [0.2, 0.25) is 5.91 Å². The summed E-state index contributed by atoms with van der Waals surface area (Å²) < 4.78 is 1.75. The molecular formula is C25H24N4O2S2. The molecule has 0 aliphatic heterocycles. The Kier molecular flexibility index (Phi) is 6.96. The summed E-state index contributed by atoms with van der Waals surface area (Å²) in [5.74, 6) is 0.205. The van der Waals surface area contributed by atoms with E-state index in [4.69, 9.17) is 0 Å². The SMILES string of the molecule is Cc1ccc(NC(=O)Nc2ccc3nc(SCC(=O)Nc4ccccc4C)sc3c2)cc1C. The first-order chi connectivity index (χ1) is 15.9. The van der Waals surface area contributed by atoms with Gasteiger partial charge in [0.25, 0.3) is 0 Å². The van der Waals surface area contributed by atoms with Crippen LogP contribution in [-0.2, 0) is 4.79 Å². The molecule has 0 spiro atoms. The number of thioether (sulfide) groups is 1. The Balaban J connectivity index is 1.35. The Morgan fingerprint density at radius 3 is 2.33 bits per heavy atom. The molecule has 3 aromatic carbocycles. The predicted octanol–water partition coefficient (Wildman–Crippen LogP) is 6.60. The van der Waals surface area contributed by atoms with Crippen LogP contribution >= 0.6 is 23.1 Å². The molecule has 0 radical (unpaired) electrons. The number of nitrogens with zero attached hydrogens (tertiary/aromatic N) is 1. The van der Waals surface area contributed by atoms with Crippen molar-refractivity contribution in [2.24, 2.45) is 0 Å². The second-order valence-electron chi connectivity index (χ2n) is 7.69. The Morgan fingerprint density at radius 1 is 0.848 bits per heavy atom. The molecule has 1 heterocycles. The van der Waals surface area contributed by atoms with Gasteiger partial charge >= 0.3 is 6.03 Å². The van der Waals surface area contributed by atoms with Crippen molar-refractivity contribution in [1.29, 1.82) is 0 Å². The molecule has 33 heavy (non-hydrogen) atoms. The summed E-state index contributed by atoms with van der Waals surface area (Å²) in [6.45, 7) is 6.01. The molecule has 0 aliphatic rings. The number of thiazole rings is 1. The summed E-state index contributed by atoms with van der Waals surface area (Å²) in [6.07, 6.45) is 0. The molecule has 4 aromatic rings. The molecule has 3 amide bonds. The van der Waals surface area contributed by atoms with Gasteiger partial charge in [-0.2, -0.15) is 0 Å². The lowest BCUT2D eigenvalue weighted by Gasteiger charge is -2.09. The Morgan fingerprint density at radius 2 is 1.58 bits per heavy atom. The van der Waals surface area contributed by atoms with Crippen LogP contribution < -0.4 is 16.0 Å². The number of anilines is 3. The zero-order valence-electron chi connectivity index (χ0n) is 18.6. The van der Waals surface area contributed by atoms with Crippen LogP contribution in [0.2, 0.25) is 0 Å². The number of amides is 3. The van der Waals surface area contributed by atoms with Gasteiger partial charge in [0.05, 0.1) is 16.0 Å². The van der Waals surface area contributed by atoms with E-state index in [0.29, 0.717) is 5.69 Å². The first-order valence-electron chi connectivity index (χ1n) is 10.4. The summed E-state index contributed by atoms with van der Waals surface area (Å²) in [7, 11) is 0. The van der Waals surface area contributed by atoms with Gasteiger partial charge in [0.1, 0.15) is 0 Å². The summed E-state index contributed by atoms with van der Waals surface area (Å²) in [5.41, 5.74) is 6.41. The van der Waals surface area contributed by atoms with Crippen molar-refractivity contribution in [1.82, 2.24) is 4.98 Å². The van der Waals surface area contributed by atoms with Crippen LogP contribution in [0.15, 0.2) is 65.0 Å². The summed E-state index contributed by atoms with van der Waals surface area (Å²) in [4.78, 5) is 29.3. The van der Waals surface area contributed by atoms with Crippen molar-refractivity contribution >= 4 is 62.3 Å². The third-order valence-electron chi connectivity index (χ3n) is 5.14. The number of aryl methyl sites for hydroxylation is 3. The number of hydrogen-bond acceptors (Lipinski definition) is 5. The Labute approximate surface area is 200 Å². The maximum Gasteiger partial charge on any atom is 0.323 e. The van der Waals surface area contributed by atoms with E-state index in [1.165, 1.54) is 28.7 Å². The zero-order chi connectivity index (χ0) is 23.4. The highest BCUT2D eigenvalue weighted by Crippen LogP contribution is 2.31. The number of rotatable bonds is 6. The number of para-hydroxylation sites is 1. The van der Waals surface area contributed by atoms with Gasteiger partial charge in [0.15, 0.2) is 4.34 Å². The molecular weight excluding hydrogens is 452 g/mol. The average Bonchev–Trinajstić information content (AvgIpc) is 3.19. The van der Waals surface area contributed by atoms with Crippen LogP contribution in [0, 0.1) is 20.8 Å². The van der Waals surface area contributed by atoms with Gasteiger partial charge in [-0.3, -0.25) is 4.79 Å². The van der Waals surface area contributed by atoms with Crippen LogP contribution in [0.1, 0.15) is 16.7 Å². The van der Waals surface area contributed by atoms with E-state index in [-0.39, 0.29) is 17.7 Å². The number of hydrogen-bond donors (Lipinski definition) is 3. The van der Waals surface area contributed by atoms with Gasteiger partial charge < -0.3 is 16.0 Å². The van der Waals surface area contributed by atoms with Crippen molar-refractivity contribution in [3.63, 3.8) is 0 Å². The fourth-order valence-corrected chi connectivity index (χ4v) is 5.09. The van der Waals surface area contributed by atoms with Crippen LogP contribution in [0.5, 0.6) is 0 Å². The summed E-state index contributed by atoms with van der Waals surface area (Å²) in [5, 5.41) is 8.66. The predicted molar refractivity (Wildman–Crippen MR) is 139 cm³/mol. The fourth-order valence-electron chi connectivity index (χ4n) is 3.18. The van der Waals surface area contributed by atoms with E-state index >= 15 is 0 Å². The highest BCUT2D eigenvalue weighted by molar-refractivity contribution is 8.01. The molecule has 0 saturated heterocycles. The van der Waals surface area contributed by atoms with E-state index in [0.717, 1.165) is 37.1 Å². The lowest BCUT2D eigenvalue weighted by molar-refractivity contribution is -0.113. The molecule has 6 nitrogen and oxygen atoms in total. The van der Waals surface area contributed by atoms with E-state index in [1.54, 1.807) is 0 Å². The lowest BCUT2D eigenvalue weighted by Crippen LogP contribution is -2.19. The highest BCUT2D eigenvalue weighted by Gasteiger charge is 2.11. The highest BCUT2D eigenvalue weighted by atomic mass is 32.2. The first kappa shape index (κ1) is 22.8. The molecule has 0 aliphatic carbocycles. The minimum atomic E-state index is -0.301. The van der Waals surface area contributed by atoms with E-state index in [2.05, 4.69) is 20.9 Å². The van der Waals surface area contributed by atoms with E-state index in [1.807, 2.05) is 81.4 Å². The van der Waals surface area contributed by atoms with Crippen molar-refractivity contribution in [3.8, 4) is 0 Å². The average molecular weight is 477 g/mol. The Hall–Kier alpha value is -3.36. The maximum atomic E-state index is 12.4. The number of fused-ring (bicyclic) bond motifs is 1. The Bertz CT molecular complexity index is 1330. The molecule has 1 aromatic heterocycles. The third-order valence-corrected chi connectivity index (χ3v) is 7.30. The first-order valence-corrected chi connectivity index (χ1v) is 12.2. The van der Waals surface area contributed by atoms with Crippen LogP contribution in [0.25, 0.3) is 10.2 Å². The van der Waals surface area contributed by atoms with Crippen molar-refractivity contribution < 1.29 is 9.59 Å². The topological polar surface area (TPSA) is 83.1 Å². The van der Waals surface area contributed by atoms with Gasteiger partial charge in [-0.05, 0) is 73.9 Å². The van der Waals surface area contributed by atoms with E-state index in [9.17, 15) is 9.59 Å². The van der Waals surface area contributed by atoms with Crippen molar-refractivity contribution in [3.05, 3.63) is 77.4 Å². The van der Waals surface area contributed by atoms with Gasteiger partial charge in [-0.15, -0.1) is 11.3 Å². The van der Waals surface area contributed by atoms with Gasteiger partial charge in [0, 0.05) is 17.1 Å². The lowest BCUT2D eigenvalue weighted by atomic mass is 10.1. The number of aromatic nitrogens is 1. The molecule has 0 fully saturated rings. The standard InChI is InChI=1S/C25H24N4O2S2/c1-15-8-9-18(12-17(15)3)26-24(31)27-19-10-11-21-22(13-19)33-25(29-21)32-14-23(30)28-20-7-5-4-6-16(20)2/h4-13H,14H2,1-3H3,(H,28,30)(H2,26,27,31). The number of carbonyl (C=O) groups excluding carboxylic acids is 2. The fraction of sp³-hybridized carbons (Fsp3) is 0.160. The van der Waals surface area contributed by atoms with Gasteiger partial charge in [-0.25, -0.2) is 9.78 Å². The van der Waals surface area contributed by atoms with Crippen molar-refractivity contribution in [2.45, 2.75) is 25.1 Å². The molecule has 4 rings (SSSR count). The monoisotopic (exact) mass is 476 g/mol. The summed E-state index contributed by atoms with van der Waals surface area (Å²) >= 11 is 2.90. The number of nitrogens with one attached hydrogen (secondary N) is 3. The normalized spacial score (nSPS) is 10.8. The molecule has 0 bridgehead atoms. The molecule has 0 saturated carbocycles. The minimum absolute atomic E-state index is 0.0704. The molecule has 0 atom stereocenters. The van der Waals surface area contributed by atoms with Crippen LogP contribution in [0.3, 0.4) is 0 Å². The number of urea groups is 1. The maximum absolute atomic E-state index is 12.4. The third kappa shape index (κ3) is 5.91. The largest absolute Gasteiger partial charge is 0.325 e. The number of carbonyl (C=O) groups is 2.